The smallest absolute Gasteiger partial charge is 0.433 e. The fraction of sp³-hybridized carbons (Fsp3) is 0.368. The predicted molar refractivity (Wildman–Crippen MR) is 117 cm³/mol. The third-order valence-electron chi connectivity index (χ3n) is 4.26. The fourth-order valence-corrected chi connectivity index (χ4v) is 2.75. The number of imidazole rings is 2. The zero-order chi connectivity index (χ0) is 25.4. The molecule has 188 valence electrons. The minimum absolute atomic E-state index is 0.0253. The number of hydrogen-bond donors (Lipinski definition) is 2. The molecule has 3 aromatic rings. The third kappa shape index (κ3) is 6.51. The number of likely N-dealkylation sites (N-methyl/N-ethyl adjacent to an activating group) is 1. The number of aliphatic imine (C=N–C) groups is 2. The van der Waals surface area contributed by atoms with Crippen molar-refractivity contribution in [3.8, 4) is 11.4 Å². The minimum Gasteiger partial charge on any atom is -0.433 e. The Morgan fingerprint density at radius 1 is 1.29 bits per heavy atom. The Labute approximate surface area is 196 Å². The molecule has 0 unspecified atom stereocenters. The molecule has 16 heteroatoms. The number of halogens is 3. The largest absolute Gasteiger partial charge is 0.510 e. The molecule has 0 saturated heterocycles. The van der Waals surface area contributed by atoms with Crippen molar-refractivity contribution in [1.29, 1.82) is 0 Å². The van der Waals surface area contributed by atoms with E-state index in [1.807, 2.05) is 0 Å². The van der Waals surface area contributed by atoms with E-state index in [1.165, 1.54) is 24.0 Å². The first kappa shape index (κ1) is 25.6. The highest BCUT2D eigenvalue weighted by atomic mass is 19.4. The molecule has 0 bridgehead atoms. The number of aromatic nitrogens is 5. The molecule has 0 spiro atoms. The predicted octanol–water partition coefficient (Wildman–Crippen LogP) is 1.19. The Balaban J connectivity index is 2.05. The summed E-state index contributed by atoms with van der Waals surface area (Å²) in [4.78, 5) is 31.7. The van der Waals surface area contributed by atoms with Crippen LogP contribution < -0.4 is 11.1 Å². The first-order valence-corrected chi connectivity index (χ1v) is 9.99. The molecular formula is C19H22F3N9O4. The highest BCUT2D eigenvalue weighted by Gasteiger charge is 2.35. The first-order chi connectivity index (χ1) is 16.7. The van der Waals surface area contributed by atoms with E-state index in [0.29, 0.717) is 12.2 Å². The molecule has 0 amide bonds. The Kier molecular flexibility index (Phi) is 8.32. The number of amidine groups is 2. The summed E-state index contributed by atoms with van der Waals surface area (Å²) in [7, 11) is 3.15. The van der Waals surface area contributed by atoms with Gasteiger partial charge in [0.2, 0.25) is 11.6 Å². The molecule has 0 saturated carbocycles. The highest BCUT2D eigenvalue weighted by molar-refractivity contribution is 6.09. The van der Waals surface area contributed by atoms with Crippen LogP contribution in [0.3, 0.4) is 0 Å². The van der Waals surface area contributed by atoms with Crippen LogP contribution in [0.5, 0.6) is 0 Å². The lowest BCUT2D eigenvalue weighted by atomic mass is 10.2. The summed E-state index contributed by atoms with van der Waals surface area (Å²) >= 11 is 0. The maximum absolute atomic E-state index is 13.2. The maximum Gasteiger partial charge on any atom is 0.510 e. The number of nitrogens with two attached hydrogens (primary N) is 1. The van der Waals surface area contributed by atoms with Gasteiger partial charge in [0, 0.05) is 32.2 Å². The molecule has 0 radical (unpaired) electrons. The lowest BCUT2D eigenvalue weighted by Gasteiger charge is -2.08. The van der Waals surface area contributed by atoms with Crippen molar-refractivity contribution in [2.24, 2.45) is 15.7 Å². The molecule has 13 nitrogen and oxygen atoms in total. The van der Waals surface area contributed by atoms with E-state index < -0.39 is 30.7 Å². The number of nitrogens with zero attached hydrogens (tertiary/aromatic N) is 7. The molecule has 3 heterocycles. The van der Waals surface area contributed by atoms with Crippen molar-refractivity contribution in [2.75, 3.05) is 34.0 Å². The molecule has 3 aromatic heterocycles. The van der Waals surface area contributed by atoms with Gasteiger partial charge in [-0.15, -0.1) is 0 Å². The highest BCUT2D eigenvalue weighted by Crippen LogP contribution is 2.25. The number of hydrogen-bond acceptors (Lipinski definition) is 9. The van der Waals surface area contributed by atoms with Crippen LogP contribution >= 0.6 is 0 Å². The summed E-state index contributed by atoms with van der Waals surface area (Å²) in [5.41, 5.74) is 5.58. The van der Waals surface area contributed by atoms with Gasteiger partial charge >= 0.3 is 12.3 Å². The topological polar surface area (TPSA) is 156 Å². The Bertz CT molecular complexity index is 1220. The van der Waals surface area contributed by atoms with E-state index in [1.54, 1.807) is 30.1 Å². The van der Waals surface area contributed by atoms with Gasteiger partial charge in [-0.3, -0.25) is 4.40 Å². The van der Waals surface area contributed by atoms with E-state index in [0.717, 1.165) is 0 Å². The van der Waals surface area contributed by atoms with Crippen molar-refractivity contribution in [3.05, 3.63) is 36.7 Å². The van der Waals surface area contributed by atoms with Gasteiger partial charge in [0.1, 0.15) is 30.4 Å². The van der Waals surface area contributed by atoms with Gasteiger partial charge < -0.3 is 29.8 Å². The van der Waals surface area contributed by atoms with Crippen LogP contribution in [0, 0.1) is 0 Å². The van der Waals surface area contributed by atoms with Gasteiger partial charge in [0.15, 0.2) is 12.6 Å². The third-order valence-corrected chi connectivity index (χ3v) is 4.26. The molecule has 0 aromatic carbocycles. The number of methoxy groups -OCH3 is 1. The van der Waals surface area contributed by atoms with Crippen molar-refractivity contribution < 1.29 is 32.2 Å². The van der Waals surface area contributed by atoms with Gasteiger partial charge in [0.05, 0.1) is 6.33 Å². The van der Waals surface area contributed by atoms with Crippen LogP contribution in [0.1, 0.15) is 5.69 Å². The van der Waals surface area contributed by atoms with Crippen LogP contribution in [0.4, 0.5) is 18.0 Å². The van der Waals surface area contributed by atoms with Crippen LogP contribution in [0.25, 0.3) is 17.2 Å². The van der Waals surface area contributed by atoms with Crippen LogP contribution in [0.2, 0.25) is 0 Å². The standard InChI is InChI=1S/C19H22F3N9O4/c1-24-5-7-34-18(32)35-10-27-15(29-16(23)19(20,21)22)13-14(12-8-30(9-26-12)11-33-2)31-6-3-4-25-17(31)28-13/h3-4,6,8-9,24H,5,7,10-11H2,1-2H3,(H2,23,27,29). The van der Waals surface area contributed by atoms with Crippen molar-refractivity contribution in [1.82, 2.24) is 29.2 Å². The van der Waals surface area contributed by atoms with Gasteiger partial charge in [-0.05, 0) is 13.1 Å². The number of rotatable bonds is 9. The van der Waals surface area contributed by atoms with Crippen molar-refractivity contribution in [3.63, 3.8) is 0 Å². The lowest BCUT2D eigenvalue weighted by Crippen LogP contribution is -2.32. The summed E-state index contributed by atoms with van der Waals surface area (Å²) in [6.07, 6.45) is 0.0962. The number of carbonyl (C=O) groups excluding carboxylic acids is 1. The second kappa shape index (κ2) is 11.4. The molecule has 3 rings (SSSR count). The summed E-state index contributed by atoms with van der Waals surface area (Å²) in [5.74, 6) is -2.09. The second-order valence-corrected chi connectivity index (χ2v) is 6.74. The Morgan fingerprint density at radius 3 is 2.80 bits per heavy atom. The molecule has 35 heavy (non-hydrogen) atoms. The summed E-state index contributed by atoms with van der Waals surface area (Å²) < 4.78 is 57.3. The Morgan fingerprint density at radius 2 is 2.09 bits per heavy atom. The normalized spacial score (nSPS) is 12.8. The zero-order valence-electron chi connectivity index (χ0n) is 18.7. The number of carbonyl (C=O) groups is 1. The van der Waals surface area contributed by atoms with Crippen molar-refractivity contribution >= 4 is 23.6 Å². The average Bonchev–Trinajstić information content (AvgIpc) is 3.42. The number of fused-ring (bicyclic) bond motifs is 1. The van der Waals surface area contributed by atoms with E-state index >= 15 is 0 Å². The monoisotopic (exact) mass is 497 g/mol. The van der Waals surface area contributed by atoms with Crippen molar-refractivity contribution in [2.45, 2.75) is 12.9 Å². The molecule has 0 atom stereocenters. The molecule has 3 N–H and O–H groups in total. The van der Waals surface area contributed by atoms with Gasteiger partial charge in [-0.1, -0.05) is 0 Å². The average molecular weight is 497 g/mol. The second-order valence-electron chi connectivity index (χ2n) is 6.74. The number of alkyl halides is 3. The van der Waals surface area contributed by atoms with Crippen LogP contribution in [-0.4, -0.2) is 82.0 Å². The molecule has 0 aliphatic carbocycles. The molecule has 0 aliphatic heterocycles. The number of ether oxygens (including phenoxy) is 3. The van der Waals surface area contributed by atoms with E-state index in [-0.39, 0.29) is 30.5 Å². The quantitative estimate of drug-likeness (QED) is 0.192. The number of nitrogens with one attached hydrogen (secondary N) is 1. The van der Waals surface area contributed by atoms with Gasteiger partial charge in [-0.2, -0.15) is 13.2 Å². The first-order valence-electron chi connectivity index (χ1n) is 9.99. The summed E-state index contributed by atoms with van der Waals surface area (Å²) in [5, 5.41) is 2.77. The lowest BCUT2D eigenvalue weighted by molar-refractivity contribution is -0.0597. The van der Waals surface area contributed by atoms with E-state index in [9.17, 15) is 18.0 Å². The molecule has 0 aliphatic rings. The minimum atomic E-state index is -4.94. The van der Waals surface area contributed by atoms with E-state index in [2.05, 4.69) is 30.3 Å². The van der Waals surface area contributed by atoms with Crippen LogP contribution in [-0.2, 0) is 20.9 Å². The van der Waals surface area contributed by atoms with Crippen LogP contribution in [0.15, 0.2) is 41.0 Å². The maximum atomic E-state index is 13.2. The SMILES string of the molecule is CNCCOC(=O)OC/N=C(/N=C(N)C(F)(F)F)c1nc2ncccn2c1-c1cn(COC)cn1. The molecular weight excluding hydrogens is 475 g/mol. The fourth-order valence-electron chi connectivity index (χ4n) is 2.75. The van der Waals surface area contributed by atoms with Gasteiger partial charge in [0.25, 0.3) is 0 Å². The van der Waals surface area contributed by atoms with Gasteiger partial charge in [-0.25, -0.2) is 29.7 Å². The Hall–Kier alpha value is -4.05. The summed E-state index contributed by atoms with van der Waals surface area (Å²) in [6, 6.07) is 1.60. The van der Waals surface area contributed by atoms with E-state index in [4.69, 9.17) is 19.9 Å². The molecule has 0 fully saturated rings. The zero-order valence-corrected chi connectivity index (χ0v) is 18.7. The summed E-state index contributed by atoms with van der Waals surface area (Å²) in [6.45, 7) is -0.122.